The Labute approximate surface area is 147 Å². The Bertz CT molecular complexity index is 884. The molecule has 1 amide bonds. The average Bonchev–Trinajstić information content (AvgIpc) is 3.10. The Morgan fingerprint density at radius 2 is 2.12 bits per heavy atom. The van der Waals surface area contributed by atoms with Crippen LogP contribution in [-0.4, -0.2) is 29.7 Å². The van der Waals surface area contributed by atoms with Crippen LogP contribution in [0.1, 0.15) is 24.1 Å². The number of hydrogen-bond acceptors (Lipinski definition) is 3. The van der Waals surface area contributed by atoms with E-state index in [0.717, 1.165) is 16.6 Å². The number of aromatic nitrogens is 1. The predicted octanol–water partition coefficient (Wildman–Crippen LogP) is 2.62. The van der Waals surface area contributed by atoms with Gasteiger partial charge in [-0.15, -0.1) is 0 Å². The molecule has 0 unspecified atom stereocenters. The topological polar surface area (TPSA) is 60.3 Å². The van der Waals surface area contributed by atoms with Crippen LogP contribution in [-0.2, 0) is 22.3 Å². The number of nitrogens with zero attached hydrogens (tertiary/aromatic N) is 1. The molecule has 1 atom stereocenters. The minimum Gasteiger partial charge on any atom is -0.368 e. The number of carbonyl (C=O) groups is 1. The first-order valence-electron chi connectivity index (χ1n) is 8.38. The number of rotatable bonds is 4. The number of amides is 1. The standard InChI is InChI=1S/C18H19F3N2O3/c1-11-4-5-13-12(9-11)14(24)10-16(18(19,20)21)23(13)7-6-22-17(25)15-3-2-8-26-15/h4-5,9-10,15H,2-3,6-8H2,1H3,(H,22,25)/t15-/m0/s1. The molecule has 3 rings (SSSR count). The molecule has 1 aliphatic rings. The Hall–Kier alpha value is -2.35. The molecule has 2 heterocycles. The highest BCUT2D eigenvalue weighted by molar-refractivity contribution is 5.81. The minimum absolute atomic E-state index is 0.00756. The van der Waals surface area contributed by atoms with Gasteiger partial charge in [-0.05, 0) is 31.9 Å². The van der Waals surface area contributed by atoms with E-state index < -0.39 is 23.4 Å². The van der Waals surface area contributed by atoms with Crippen LogP contribution in [0.2, 0.25) is 0 Å². The van der Waals surface area contributed by atoms with Crippen molar-refractivity contribution in [1.82, 2.24) is 9.88 Å². The van der Waals surface area contributed by atoms with E-state index in [2.05, 4.69) is 5.32 Å². The Morgan fingerprint density at radius 3 is 2.77 bits per heavy atom. The van der Waals surface area contributed by atoms with Crippen LogP contribution in [0.5, 0.6) is 0 Å². The maximum Gasteiger partial charge on any atom is 0.431 e. The molecule has 1 fully saturated rings. The number of fused-ring (bicyclic) bond motifs is 1. The Morgan fingerprint density at radius 1 is 1.35 bits per heavy atom. The molecule has 1 aromatic heterocycles. The van der Waals surface area contributed by atoms with Crippen molar-refractivity contribution in [2.24, 2.45) is 0 Å². The van der Waals surface area contributed by atoms with E-state index in [1.54, 1.807) is 19.1 Å². The number of hydrogen-bond donors (Lipinski definition) is 1. The van der Waals surface area contributed by atoms with Crippen LogP contribution in [0, 0.1) is 6.92 Å². The quantitative estimate of drug-likeness (QED) is 0.903. The summed E-state index contributed by atoms with van der Waals surface area (Å²) in [7, 11) is 0. The highest BCUT2D eigenvalue weighted by atomic mass is 19.4. The van der Waals surface area contributed by atoms with Crippen LogP contribution >= 0.6 is 0 Å². The zero-order chi connectivity index (χ0) is 18.9. The molecule has 1 saturated heterocycles. The second kappa shape index (κ2) is 7.11. The second-order valence-electron chi connectivity index (χ2n) is 6.36. The highest BCUT2D eigenvalue weighted by Gasteiger charge is 2.35. The molecule has 2 aromatic rings. The van der Waals surface area contributed by atoms with Gasteiger partial charge in [0.25, 0.3) is 0 Å². The molecule has 5 nitrogen and oxygen atoms in total. The smallest absolute Gasteiger partial charge is 0.368 e. The normalized spacial score (nSPS) is 17.6. The summed E-state index contributed by atoms with van der Waals surface area (Å²) in [5, 5.41) is 2.84. The fourth-order valence-electron chi connectivity index (χ4n) is 3.16. The highest BCUT2D eigenvalue weighted by Crippen LogP contribution is 2.30. The summed E-state index contributed by atoms with van der Waals surface area (Å²) >= 11 is 0. The van der Waals surface area contributed by atoms with Gasteiger partial charge < -0.3 is 14.6 Å². The maximum absolute atomic E-state index is 13.4. The third kappa shape index (κ3) is 3.75. The lowest BCUT2D eigenvalue weighted by Crippen LogP contribution is -2.36. The summed E-state index contributed by atoms with van der Waals surface area (Å²) in [4.78, 5) is 24.1. The van der Waals surface area contributed by atoms with Crippen LogP contribution in [0.25, 0.3) is 10.9 Å². The molecule has 26 heavy (non-hydrogen) atoms. The number of nitrogens with one attached hydrogen (secondary N) is 1. The van der Waals surface area contributed by atoms with E-state index in [4.69, 9.17) is 4.74 Å². The van der Waals surface area contributed by atoms with Gasteiger partial charge in [0.1, 0.15) is 11.8 Å². The average molecular weight is 368 g/mol. The van der Waals surface area contributed by atoms with E-state index in [-0.39, 0.29) is 29.9 Å². The van der Waals surface area contributed by atoms with Gasteiger partial charge in [-0.2, -0.15) is 13.2 Å². The fraction of sp³-hybridized carbons (Fsp3) is 0.444. The van der Waals surface area contributed by atoms with Crippen molar-refractivity contribution < 1.29 is 22.7 Å². The van der Waals surface area contributed by atoms with E-state index in [1.165, 1.54) is 6.07 Å². The van der Waals surface area contributed by atoms with Crippen molar-refractivity contribution in [3.8, 4) is 0 Å². The first-order chi connectivity index (χ1) is 12.3. The minimum atomic E-state index is -4.67. The van der Waals surface area contributed by atoms with Gasteiger partial charge in [0.15, 0.2) is 5.43 Å². The first kappa shape index (κ1) is 18.4. The third-order valence-electron chi connectivity index (χ3n) is 4.41. The predicted molar refractivity (Wildman–Crippen MR) is 89.9 cm³/mol. The van der Waals surface area contributed by atoms with Crippen molar-refractivity contribution in [2.75, 3.05) is 13.2 Å². The van der Waals surface area contributed by atoms with Gasteiger partial charge in [-0.1, -0.05) is 11.6 Å². The van der Waals surface area contributed by atoms with Gasteiger partial charge in [0.05, 0.1) is 5.52 Å². The fourth-order valence-corrected chi connectivity index (χ4v) is 3.16. The third-order valence-corrected chi connectivity index (χ3v) is 4.41. The Kier molecular flexibility index (Phi) is 5.04. The lowest BCUT2D eigenvalue weighted by Gasteiger charge is -2.19. The van der Waals surface area contributed by atoms with Crippen molar-refractivity contribution in [2.45, 2.75) is 38.6 Å². The van der Waals surface area contributed by atoms with Gasteiger partial charge >= 0.3 is 6.18 Å². The van der Waals surface area contributed by atoms with Gasteiger partial charge in [0, 0.05) is 31.1 Å². The number of pyridine rings is 1. The monoisotopic (exact) mass is 368 g/mol. The molecule has 1 aromatic carbocycles. The summed E-state index contributed by atoms with van der Waals surface area (Å²) < 4.78 is 46.5. The summed E-state index contributed by atoms with van der Waals surface area (Å²) in [6.07, 6.45) is -3.80. The van der Waals surface area contributed by atoms with Crippen LogP contribution in [0.3, 0.4) is 0 Å². The zero-order valence-electron chi connectivity index (χ0n) is 14.2. The molecular formula is C18H19F3N2O3. The van der Waals surface area contributed by atoms with Crippen molar-refractivity contribution >= 4 is 16.8 Å². The second-order valence-corrected chi connectivity index (χ2v) is 6.36. The lowest BCUT2D eigenvalue weighted by atomic mass is 10.1. The molecule has 1 aliphatic heterocycles. The number of ether oxygens (including phenoxy) is 1. The van der Waals surface area contributed by atoms with Crippen LogP contribution in [0.15, 0.2) is 29.1 Å². The van der Waals surface area contributed by atoms with Gasteiger partial charge in [-0.25, -0.2) is 0 Å². The number of benzene rings is 1. The molecule has 0 spiro atoms. The lowest BCUT2D eigenvalue weighted by molar-refractivity contribution is -0.143. The maximum atomic E-state index is 13.4. The van der Waals surface area contributed by atoms with Crippen molar-refractivity contribution in [1.29, 1.82) is 0 Å². The van der Waals surface area contributed by atoms with Crippen molar-refractivity contribution in [3.05, 3.63) is 45.7 Å². The summed E-state index contributed by atoms with van der Waals surface area (Å²) in [6, 6.07) is 5.34. The summed E-state index contributed by atoms with van der Waals surface area (Å²) in [6.45, 7) is 2.18. The molecule has 0 aliphatic carbocycles. The number of halogens is 3. The molecule has 0 saturated carbocycles. The molecular weight excluding hydrogens is 349 g/mol. The molecule has 8 heteroatoms. The van der Waals surface area contributed by atoms with E-state index in [9.17, 15) is 22.8 Å². The largest absolute Gasteiger partial charge is 0.431 e. The summed E-state index contributed by atoms with van der Waals surface area (Å²) in [5.74, 6) is -0.322. The molecule has 1 N–H and O–H groups in total. The SMILES string of the molecule is Cc1ccc2c(c1)c(=O)cc(C(F)(F)F)n2CCNC(=O)[C@@H]1CCCO1. The van der Waals surface area contributed by atoms with Gasteiger partial charge in [-0.3, -0.25) is 9.59 Å². The molecule has 140 valence electrons. The van der Waals surface area contributed by atoms with E-state index >= 15 is 0 Å². The molecule has 0 radical (unpaired) electrons. The van der Waals surface area contributed by atoms with Crippen LogP contribution in [0.4, 0.5) is 13.2 Å². The van der Waals surface area contributed by atoms with Crippen molar-refractivity contribution in [3.63, 3.8) is 0 Å². The Balaban J connectivity index is 1.91. The number of carbonyl (C=O) groups excluding carboxylic acids is 1. The first-order valence-corrected chi connectivity index (χ1v) is 8.38. The zero-order valence-corrected chi connectivity index (χ0v) is 14.2. The summed E-state index contributed by atoms with van der Waals surface area (Å²) in [5.41, 5.74) is -0.713. The van der Waals surface area contributed by atoms with E-state index in [1.807, 2.05) is 0 Å². The van der Waals surface area contributed by atoms with Crippen LogP contribution < -0.4 is 10.7 Å². The number of aryl methyl sites for hydroxylation is 1. The van der Waals surface area contributed by atoms with Gasteiger partial charge in [0.2, 0.25) is 5.91 Å². The number of alkyl halides is 3. The molecule has 0 bridgehead atoms. The van der Waals surface area contributed by atoms with E-state index in [0.29, 0.717) is 19.1 Å².